The molecule has 0 bridgehead atoms. The predicted molar refractivity (Wildman–Crippen MR) is 76.9 cm³/mol. The molecular formula is C15H26N2O. The molecule has 1 heterocycles. The molecule has 102 valence electrons. The van der Waals surface area contributed by atoms with Gasteiger partial charge < -0.3 is 10.0 Å². The molecule has 3 heteroatoms. The Kier molecular flexibility index (Phi) is 6.73. The summed E-state index contributed by atoms with van der Waals surface area (Å²) in [5.41, 5.74) is 2.05. The number of anilines is 1. The van der Waals surface area contributed by atoms with Crippen LogP contribution in [0, 0.1) is 6.92 Å². The normalized spacial score (nSPS) is 10.7. The molecule has 0 saturated heterocycles. The molecule has 3 nitrogen and oxygen atoms in total. The predicted octanol–water partition coefficient (Wildman–Crippen LogP) is 3.29. The molecule has 0 spiro atoms. The van der Waals surface area contributed by atoms with E-state index >= 15 is 0 Å². The fourth-order valence-electron chi connectivity index (χ4n) is 2.06. The van der Waals surface area contributed by atoms with Gasteiger partial charge in [-0.1, -0.05) is 26.7 Å². The molecule has 0 aliphatic rings. The summed E-state index contributed by atoms with van der Waals surface area (Å²) >= 11 is 0. The van der Waals surface area contributed by atoms with Crippen molar-refractivity contribution >= 4 is 5.82 Å². The number of hydrogen-bond acceptors (Lipinski definition) is 3. The zero-order valence-electron chi connectivity index (χ0n) is 11.9. The van der Waals surface area contributed by atoms with Gasteiger partial charge in [0.25, 0.3) is 0 Å². The minimum absolute atomic E-state index is 0.0675. The second-order valence-electron chi connectivity index (χ2n) is 4.84. The van der Waals surface area contributed by atoms with Crippen LogP contribution in [0.5, 0.6) is 0 Å². The third kappa shape index (κ3) is 4.30. The van der Waals surface area contributed by atoms with Crippen molar-refractivity contribution in [1.82, 2.24) is 4.98 Å². The van der Waals surface area contributed by atoms with Crippen LogP contribution in [-0.4, -0.2) is 23.2 Å². The molecule has 1 aromatic heterocycles. The lowest BCUT2D eigenvalue weighted by molar-refractivity contribution is 0.281. The van der Waals surface area contributed by atoms with Crippen LogP contribution >= 0.6 is 0 Å². The highest BCUT2D eigenvalue weighted by Crippen LogP contribution is 2.19. The summed E-state index contributed by atoms with van der Waals surface area (Å²) in [5, 5.41) is 9.12. The Morgan fingerprint density at radius 2 is 1.78 bits per heavy atom. The van der Waals surface area contributed by atoms with E-state index in [2.05, 4.69) is 30.7 Å². The van der Waals surface area contributed by atoms with Crippen LogP contribution in [0.1, 0.15) is 50.7 Å². The number of unbranched alkanes of at least 4 members (excludes halogenated alkanes) is 2. The summed E-state index contributed by atoms with van der Waals surface area (Å²) in [7, 11) is 0. The first-order valence-corrected chi connectivity index (χ1v) is 7.04. The molecule has 0 atom stereocenters. The number of nitrogens with zero attached hydrogens (tertiary/aromatic N) is 2. The van der Waals surface area contributed by atoms with Gasteiger partial charge in [0.1, 0.15) is 5.82 Å². The highest BCUT2D eigenvalue weighted by molar-refractivity contribution is 5.47. The first-order chi connectivity index (χ1) is 8.72. The van der Waals surface area contributed by atoms with Gasteiger partial charge in [-0.2, -0.15) is 0 Å². The lowest BCUT2D eigenvalue weighted by Crippen LogP contribution is -2.27. The number of aliphatic hydroxyl groups is 1. The van der Waals surface area contributed by atoms with Gasteiger partial charge in [-0.25, -0.2) is 4.98 Å². The topological polar surface area (TPSA) is 36.4 Å². The number of aliphatic hydroxyl groups excluding tert-OH is 1. The smallest absolute Gasteiger partial charge is 0.131 e. The summed E-state index contributed by atoms with van der Waals surface area (Å²) < 4.78 is 0. The monoisotopic (exact) mass is 250 g/mol. The molecule has 0 fully saturated rings. The van der Waals surface area contributed by atoms with Gasteiger partial charge in [-0.05, 0) is 37.0 Å². The maximum absolute atomic E-state index is 9.12. The Bertz CT molecular complexity index is 344. The summed E-state index contributed by atoms with van der Waals surface area (Å²) in [6.07, 6.45) is 6.60. The summed E-state index contributed by atoms with van der Waals surface area (Å²) in [4.78, 5) is 6.90. The Labute approximate surface area is 111 Å². The number of hydrogen-bond donors (Lipinski definition) is 1. The second-order valence-corrected chi connectivity index (χ2v) is 4.84. The summed E-state index contributed by atoms with van der Waals surface area (Å²) in [5.74, 6) is 1.08. The van der Waals surface area contributed by atoms with E-state index in [1.165, 1.54) is 25.7 Å². The molecule has 0 aliphatic heterocycles. The van der Waals surface area contributed by atoms with Crippen molar-refractivity contribution in [3.8, 4) is 0 Å². The van der Waals surface area contributed by atoms with Gasteiger partial charge in [-0.3, -0.25) is 0 Å². The van der Waals surface area contributed by atoms with E-state index in [1.807, 2.05) is 6.07 Å². The SMILES string of the molecule is CCCCN(CCCC)c1ncc(CO)cc1C. The van der Waals surface area contributed by atoms with E-state index in [-0.39, 0.29) is 6.61 Å². The molecular weight excluding hydrogens is 224 g/mol. The zero-order valence-corrected chi connectivity index (χ0v) is 11.9. The average molecular weight is 250 g/mol. The molecule has 1 N–H and O–H groups in total. The number of aromatic nitrogens is 1. The van der Waals surface area contributed by atoms with Crippen LogP contribution in [0.3, 0.4) is 0 Å². The summed E-state index contributed by atoms with van der Waals surface area (Å²) in [6, 6.07) is 2.03. The second kappa shape index (κ2) is 8.09. The maximum Gasteiger partial charge on any atom is 0.131 e. The maximum atomic E-state index is 9.12. The van der Waals surface area contributed by atoms with Crippen LogP contribution in [0.4, 0.5) is 5.82 Å². The van der Waals surface area contributed by atoms with Crippen molar-refractivity contribution < 1.29 is 5.11 Å². The van der Waals surface area contributed by atoms with E-state index in [0.29, 0.717) is 0 Å². The van der Waals surface area contributed by atoms with Gasteiger partial charge >= 0.3 is 0 Å². The molecule has 0 aromatic carbocycles. The Balaban J connectivity index is 2.82. The molecule has 18 heavy (non-hydrogen) atoms. The quantitative estimate of drug-likeness (QED) is 0.769. The molecule has 1 rings (SSSR count). The third-order valence-corrected chi connectivity index (χ3v) is 3.15. The van der Waals surface area contributed by atoms with Crippen LogP contribution in [0.15, 0.2) is 12.3 Å². The van der Waals surface area contributed by atoms with E-state index in [1.54, 1.807) is 6.20 Å². The fraction of sp³-hybridized carbons (Fsp3) is 0.667. The van der Waals surface area contributed by atoms with Gasteiger partial charge in [0.15, 0.2) is 0 Å². The van der Waals surface area contributed by atoms with E-state index in [9.17, 15) is 0 Å². The van der Waals surface area contributed by atoms with E-state index < -0.39 is 0 Å². The highest BCUT2D eigenvalue weighted by atomic mass is 16.3. The van der Waals surface area contributed by atoms with E-state index in [0.717, 1.165) is 30.0 Å². The van der Waals surface area contributed by atoms with Crippen LogP contribution in [0.25, 0.3) is 0 Å². The first-order valence-electron chi connectivity index (χ1n) is 7.04. The number of rotatable bonds is 8. The molecule has 0 aliphatic carbocycles. The lowest BCUT2D eigenvalue weighted by Gasteiger charge is -2.25. The minimum atomic E-state index is 0.0675. The standard InChI is InChI=1S/C15H26N2O/c1-4-6-8-17(9-7-5-2)15-13(3)10-14(12-18)11-16-15/h10-11,18H,4-9,12H2,1-3H3. The van der Waals surface area contributed by atoms with Crippen molar-refractivity contribution in [2.24, 2.45) is 0 Å². The van der Waals surface area contributed by atoms with E-state index in [4.69, 9.17) is 5.11 Å². The van der Waals surface area contributed by atoms with Gasteiger partial charge in [0, 0.05) is 19.3 Å². The van der Waals surface area contributed by atoms with Crippen molar-refractivity contribution in [2.75, 3.05) is 18.0 Å². The molecule has 0 saturated carbocycles. The van der Waals surface area contributed by atoms with Gasteiger partial charge in [-0.15, -0.1) is 0 Å². The first kappa shape index (κ1) is 15.0. The number of pyridine rings is 1. The molecule has 0 radical (unpaired) electrons. The largest absolute Gasteiger partial charge is 0.392 e. The summed E-state index contributed by atoms with van der Waals surface area (Å²) in [6.45, 7) is 8.72. The van der Waals surface area contributed by atoms with Crippen molar-refractivity contribution in [3.63, 3.8) is 0 Å². The average Bonchev–Trinajstić information content (AvgIpc) is 2.39. The molecule has 0 amide bonds. The Morgan fingerprint density at radius 3 is 2.22 bits per heavy atom. The Hall–Kier alpha value is -1.09. The highest BCUT2D eigenvalue weighted by Gasteiger charge is 2.10. The molecule has 1 aromatic rings. The van der Waals surface area contributed by atoms with Crippen molar-refractivity contribution in [3.05, 3.63) is 23.4 Å². The van der Waals surface area contributed by atoms with Gasteiger partial charge in [0.05, 0.1) is 6.61 Å². The van der Waals surface area contributed by atoms with Crippen LogP contribution < -0.4 is 4.90 Å². The number of aryl methyl sites for hydroxylation is 1. The minimum Gasteiger partial charge on any atom is -0.392 e. The van der Waals surface area contributed by atoms with Gasteiger partial charge in [0.2, 0.25) is 0 Å². The van der Waals surface area contributed by atoms with Crippen LogP contribution in [-0.2, 0) is 6.61 Å². The Morgan fingerprint density at radius 1 is 1.17 bits per heavy atom. The molecule has 0 unspecified atom stereocenters. The van der Waals surface area contributed by atoms with Crippen molar-refractivity contribution in [2.45, 2.75) is 53.1 Å². The fourth-order valence-corrected chi connectivity index (χ4v) is 2.06. The van der Waals surface area contributed by atoms with Crippen LogP contribution in [0.2, 0.25) is 0 Å². The van der Waals surface area contributed by atoms with Crippen molar-refractivity contribution in [1.29, 1.82) is 0 Å². The third-order valence-electron chi connectivity index (χ3n) is 3.15. The zero-order chi connectivity index (χ0) is 13.4. The lowest BCUT2D eigenvalue weighted by atomic mass is 10.2.